The molecule has 2 aromatic heterocycles. The lowest BCUT2D eigenvalue weighted by Gasteiger charge is -2.11. The van der Waals surface area contributed by atoms with E-state index >= 15 is 0 Å². The van der Waals surface area contributed by atoms with E-state index in [0.29, 0.717) is 16.5 Å². The second-order valence-electron chi connectivity index (χ2n) is 3.40. The van der Waals surface area contributed by atoms with Crippen molar-refractivity contribution in [3.05, 3.63) is 16.9 Å². The van der Waals surface area contributed by atoms with Crippen molar-refractivity contribution in [3.63, 3.8) is 0 Å². The second-order valence-corrected chi connectivity index (χ2v) is 4.26. The molecule has 1 aliphatic heterocycles. The third kappa shape index (κ3) is 1.48. The van der Waals surface area contributed by atoms with Crippen LogP contribution in [0.5, 0.6) is 0 Å². The van der Waals surface area contributed by atoms with E-state index < -0.39 is 0 Å². The number of rotatable bonds is 1. The summed E-state index contributed by atoms with van der Waals surface area (Å²) in [5.74, 6) is 1.54. The van der Waals surface area contributed by atoms with Gasteiger partial charge in [0.25, 0.3) is 0 Å². The zero-order chi connectivity index (χ0) is 11.0. The van der Waals surface area contributed by atoms with E-state index in [9.17, 15) is 0 Å². The maximum absolute atomic E-state index is 8.70. The standard InChI is InChI=1S/C9H8N6S/c10-3-6-5-16-9(12-6)8-13-7-4-11-1-2-15(7)14-8/h5,11H,1-2,4H2. The number of fused-ring (bicyclic) bond motifs is 1. The Labute approximate surface area is 95.6 Å². The van der Waals surface area contributed by atoms with E-state index in [-0.39, 0.29) is 0 Å². The first kappa shape index (κ1) is 9.45. The van der Waals surface area contributed by atoms with Crippen LogP contribution in [0, 0.1) is 11.3 Å². The van der Waals surface area contributed by atoms with Gasteiger partial charge in [-0.05, 0) is 0 Å². The third-order valence-corrected chi connectivity index (χ3v) is 3.18. The molecule has 7 heteroatoms. The van der Waals surface area contributed by atoms with Gasteiger partial charge in [-0.2, -0.15) is 5.26 Å². The average molecular weight is 232 g/mol. The van der Waals surface area contributed by atoms with Gasteiger partial charge in [0.05, 0.1) is 13.1 Å². The maximum atomic E-state index is 8.70. The number of nitrogens with zero attached hydrogens (tertiary/aromatic N) is 5. The highest BCUT2D eigenvalue weighted by Crippen LogP contribution is 2.20. The summed E-state index contributed by atoms with van der Waals surface area (Å²) in [5, 5.41) is 18.7. The van der Waals surface area contributed by atoms with Crippen LogP contribution in [-0.4, -0.2) is 26.3 Å². The minimum Gasteiger partial charge on any atom is -0.308 e. The van der Waals surface area contributed by atoms with Crippen molar-refractivity contribution >= 4 is 11.3 Å². The molecule has 1 aliphatic rings. The van der Waals surface area contributed by atoms with Gasteiger partial charge in [-0.3, -0.25) is 0 Å². The topological polar surface area (TPSA) is 79.4 Å². The lowest BCUT2D eigenvalue weighted by molar-refractivity contribution is 0.469. The molecule has 0 fully saturated rings. The smallest absolute Gasteiger partial charge is 0.210 e. The van der Waals surface area contributed by atoms with Crippen molar-refractivity contribution in [2.75, 3.05) is 6.54 Å². The van der Waals surface area contributed by atoms with Crippen molar-refractivity contribution in [1.29, 1.82) is 5.26 Å². The van der Waals surface area contributed by atoms with Crippen LogP contribution in [0.2, 0.25) is 0 Å². The zero-order valence-electron chi connectivity index (χ0n) is 8.34. The van der Waals surface area contributed by atoms with Gasteiger partial charge >= 0.3 is 0 Å². The van der Waals surface area contributed by atoms with Crippen molar-refractivity contribution in [2.45, 2.75) is 13.1 Å². The average Bonchev–Trinajstić information content (AvgIpc) is 2.95. The molecule has 0 unspecified atom stereocenters. The molecule has 1 N–H and O–H groups in total. The molecule has 3 rings (SSSR count). The monoisotopic (exact) mass is 232 g/mol. The summed E-state index contributed by atoms with van der Waals surface area (Å²) in [6.45, 7) is 2.49. The molecule has 2 aromatic rings. The van der Waals surface area contributed by atoms with E-state index in [1.807, 2.05) is 10.8 Å². The van der Waals surface area contributed by atoms with Gasteiger partial charge in [-0.25, -0.2) is 14.6 Å². The minimum atomic E-state index is 0.422. The molecule has 0 amide bonds. The molecular weight excluding hydrogens is 224 g/mol. The Balaban J connectivity index is 2.00. The van der Waals surface area contributed by atoms with Gasteiger partial charge in [-0.1, -0.05) is 0 Å². The van der Waals surface area contributed by atoms with Crippen LogP contribution in [0.3, 0.4) is 0 Å². The van der Waals surface area contributed by atoms with E-state index in [4.69, 9.17) is 5.26 Å². The normalized spacial score (nSPS) is 14.4. The Hall–Kier alpha value is -1.78. The Kier molecular flexibility index (Phi) is 2.16. The fraction of sp³-hybridized carbons (Fsp3) is 0.333. The predicted molar refractivity (Wildman–Crippen MR) is 57.6 cm³/mol. The van der Waals surface area contributed by atoms with Crippen LogP contribution in [0.4, 0.5) is 0 Å². The lowest BCUT2D eigenvalue weighted by Crippen LogP contribution is -2.28. The first-order valence-electron chi connectivity index (χ1n) is 4.87. The molecule has 0 bridgehead atoms. The van der Waals surface area contributed by atoms with Crippen molar-refractivity contribution in [1.82, 2.24) is 25.1 Å². The predicted octanol–water partition coefficient (Wildman–Crippen LogP) is 0.376. The van der Waals surface area contributed by atoms with Crippen molar-refractivity contribution in [2.24, 2.45) is 0 Å². The van der Waals surface area contributed by atoms with Crippen LogP contribution in [0.25, 0.3) is 10.8 Å². The van der Waals surface area contributed by atoms with E-state index in [1.54, 1.807) is 5.38 Å². The number of nitrogens with one attached hydrogen (secondary N) is 1. The fourth-order valence-electron chi connectivity index (χ4n) is 1.59. The Morgan fingerprint density at radius 3 is 3.19 bits per heavy atom. The minimum absolute atomic E-state index is 0.422. The summed E-state index contributed by atoms with van der Waals surface area (Å²) >= 11 is 1.40. The Bertz CT molecular complexity index is 539. The summed E-state index contributed by atoms with van der Waals surface area (Å²) in [6, 6.07) is 2.00. The van der Waals surface area contributed by atoms with Crippen LogP contribution < -0.4 is 5.32 Å². The van der Waals surface area contributed by atoms with Gasteiger partial charge < -0.3 is 5.32 Å². The molecule has 6 nitrogen and oxygen atoms in total. The largest absolute Gasteiger partial charge is 0.308 e. The number of hydrogen-bond donors (Lipinski definition) is 1. The SMILES string of the molecule is N#Cc1csc(-c2nc3n(n2)CCNC3)n1. The highest BCUT2D eigenvalue weighted by atomic mass is 32.1. The molecule has 3 heterocycles. The maximum Gasteiger partial charge on any atom is 0.210 e. The Morgan fingerprint density at radius 2 is 2.44 bits per heavy atom. The summed E-state index contributed by atoms with van der Waals surface area (Å²) < 4.78 is 1.89. The number of nitriles is 1. The molecule has 0 aromatic carbocycles. The highest BCUT2D eigenvalue weighted by Gasteiger charge is 2.16. The quantitative estimate of drug-likeness (QED) is 0.768. The molecular formula is C9H8N6S. The summed E-state index contributed by atoms with van der Waals surface area (Å²) in [5.41, 5.74) is 0.422. The number of thiazole rings is 1. The van der Waals surface area contributed by atoms with Crippen molar-refractivity contribution in [3.8, 4) is 16.9 Å². The molecule has 0 spiro atoms. The van der Waals surface area contributed by atoms with Gasteiger partial charge in [-0.15, -0.1) is 16.4 Å². The molecule has 16 heavy (non-hydrogen) atoms. The summed E-state index contributed by atoms with van der Waals surface area (Å²) in [7, 11) is 0. The number of aromatic nitrogens is 4. The zero-order valence-corrected chi connectivity index (χ0v) is 9.16. The van der Waals surface area contributed by atoms with Crippen LogP contribution >= 0.6 is 11.3 Å². The van der Waals surface area contributed by atoms with Gasteiger partial charge in [0.15, 0.2) is 10.7 Å². The van der Waals surface area contributed by atoms with Gasteiger partial charge in [0.2, 0.25) is 5.82 Å². The second kappa shape index (κ2) is 3.66. The van der Waals surface area contributed by atoms with E-state index in [0.717, 1.165) is 25.5 Å². The number of hydrogen-bond acceptors (Lipinski definition) is 6. The first-order valence-corrected chi connectivity index (χ1v) is 5.75. The molecule has 0 aliphatic carbocycles. The molecule has 80 valence electrons. The summed E-state index contributed by atoms with van der Waals surface area (Å²) in [6.07, 6.45) is 0. The molecule has 0 saturated heterocycles. The first-order chi connectivity index (χ1) is 7.86. The third-order valence-electron chi connectivity index (χ3n) is 2.34. The van der Waals surface area contributed by atoms with Crippen LogP contribution in [0.1, 0.15) is 11.5 Å². The fourth-order valence-corrected chi connectivity index (χ4v) is 2.26. The molecule has 0 radical (unpaired) electrons. The Morgan fingerprint density at radius 1 is 1.50 bits per heavy atom. The van der Waals surface area contributed by atoms with Crippen molar-refractivity contribution < 1.29 is 0 Å². The van der Waals surface area contributed by atoms with Crippen LogP contribution in [0.15, 0.2) is 5.38 Å². The summed E-state index contributed by atoms with van der Waals surface area (Å²) in [4.78, 5) is 8.54. The lowest BCUT2D eigenvalue weighted by atomic mass is 10.4. The van der Waals surface area contributed by atoms with Gasteiger partial charge in [0, 0.05) is 11.9 Å². The van der Waals surface area contributed by atoms with E-state index in [1.165, 1.54) is 11.3 Å². The molecule has 0 saturated carbocycles. The van der Waals surface area contributed by atoms with Gasteiger partial charge in [0.1, 0.15) is 11.9 Å². The highest BCUT2D eigenvalue weighted by molar-refractivity contribution is 7.13. The molecule has 0 atom stereocenters. The van der Waals surface area contributed by atoms with E-state index in [2.05, 4.69) is 20.4 Å². The van der Waals surface area contributed by atoms with Crippen LogP contribution in [-0.2, 0) is 13.1 Å².